The van der Waals surface area contributed by atoms with Crippen LogP contribution in [0.1, 0.15) is 49.4 Å². The normalized spacial score (nSPS) is 22.6. The number of nitrogens with zero attached hydrogens (tertiary/aromatic N) is 1. The second kappa shape index (κ2) is 7.08. The SMILES string of the molecule is CCC1CCC(N(C)C(=O)c2cc(Br)cc(Br)c2)CC1. The van der Waals surface area contributed by atoms with Crippen LogP contribution in [0.2, 0.25) is 0 Å². The highest BCUT2D eigenvalue weighted by molar-refractivity contribution is 9.11. The highest BCUT2D eigenvalue weighted by Crippen LogP contribution is 2.30. The summed E-state index contributed by atoms with van der Waals surface area (Å²) >= 11 is 6.89. The Kier molecular flexibility index (Phi) is 5.67. The molecule has 0 aromatic heterocycles. The van der Waals surface area contributed by atoms with Gasteiger partial charge in [-0.1, -0.05) is 45.2 Å². The van der Waals surface area contributed by atoms with Crippen LogP contribution in [-0.4, -0.2) is 23.9 Å². The predicted molar refractivity (Wildman–Crippen MR) is 90.0 cm³/mol. The zero-order valence-corrected chi connectivity index (χ0v) is 15.2. The lowest BCUT2D eigenvalue weighted by atomic mass is 9.84. The molecular weight excluding hydrogens is 382 g/mol. The number of hydrogen-bond donors (Lipinski definition) is 0. The molecule has 2 nitrogen and oxygen atoms in total. The van der Waals surface area contributed by atoms with E-state index in [0.29, 0.717) is 6.04 Å². The summed E-state index contributed by atoms with van der Waals surface area (Å²) in [6, 6.07) is 6.12. The van der Waals surface area contributed by atoms with Gasteiger partial charge >= 0.3 is 0 Å². The first-order chi connectivity index (χ1) is 9.51. The van der Waals surface area contributed by atoms with Gasteiger partial charge in [-0.2, -0.15) is 0 Å². The third kappa shape index (κ3) is 3.85. The molecule has 4 heteroatoms. The minimum Gasteiger partial charge on any atom is -0.339 e. The number of hydrogen-bond acceptors (Lipinski definition) is 1. The molecule has 110 valence electrons. The van der Waals surface area contributed by atoms with Crippen molar-refractivity contribution >= 4 is 37.8 Å². The maximum Gasteiger partial charge on any atom is 0.253 e. The molecule has 1 aromatic rings. The molecule has 1 saturated carbocycles. The summed E-state index contributed by atoms with van der Waals surface area (Å²) in [6.45, 7) is 2.26. The summed E-state index contributed by atoms with van der Waals surface area (Å²) < 4.78 is 1.86. The predicted octanol–water partition coefficient (Wildman–Crippen LogP) is 5.25. The van der Waals surface area contributed by atoms with Crippen molar-refractivity contribution in [1.82, 2.24) is 4.90 Å². The maximum absolute atomic E-state index is 12.6. The molecule has 1 aliphatic carbocycles. The summed E-state index contributed by atoms with van der Waals surface area (Å²) in [5, 5.41) is 0. The first-order valence-corrected chi connectivity index (χ1v) is 8.83. The Labute approximate surface area is 138 Å². The van der Waals surface area contributed by atoms with Crippen molar-refractivity contribution in [2.24, 2.45) is 5.92 Å². The largest absolute Gasteiger partial charge is 0.339 e. The molecule has 0 N–H and O–H groups in total. The Balaban J connectivity index is 2.05. The van der Waals surface area contributed by atoms with Gasteiger partial charge < -0.3 is 4.90 Å². The summed E-state index contributed by atoms with van der Waals surface area (Å²) in [7, 11) is 1.94. The fourth-order valence-electron chi connectivity index (χ4n) is 2.99. The molecular formula is C16H21Br2NO. The van der Waals surface area contributed by atoms with Crippen LogP contribution in [0, 0.1) is 5.92 Å². The highest BCUT2D eigenvalue weighted by atomic mass is 79.9. The average Bonchev–Trinajstić information content (AvgIpc) is 2.45. The molecule has 0 saturated heterocycles. The number of carbonyl (C=O) groups excluding carboxylic acids is 1. The summed E-state index contributed by atoms with van der Waals surface area (Å²) in [5.74, 6) is 0.974. The molecule has 0 radical (unpaired) electrons. The molecule has 0 unspecified atom stereocenters. The Morgan fingerprint density at radius 1 is 1.15 bits per heavy atom. The molecule has 20 heavy (non-hydrogen) atoms. The van der Waals surface area contributed by atoms with Crippen LogP contribution in [-0.2, 0) is 0 Å². The first-order valence-electron chi connectivity index (χ1n) is 7.24. The zero-order chi connectivity index (χ0) is 14.7. The number of rotatable bonds is 3. The molecule has 0 atom stereocenters. The molecule has 0 spiro atoms. The third-order valence-corrected chi connectivity index (χ3v) is 5.29. The second-order valence-electron chi connectivity index (χ2n) is 5.66. The zero-order valence-electron chi connectivity index (χ0n) is 12.0. The van der Waals surface area contributed by atoms with E-state index in [1.807, 2.05) is 30.1 Å². The van der Waals surface area contributed by atoms with E-state index in [-0.39, 0.29) is 5.91 Å². The smallest absolute Gasteiger partial charge is 0.253 e. The Morgan fingerprint density at radius 2 is 1.70 bits per heavy atom. The molecule has 2 rings (SSSR count). The van der Waals surface area contributed by atoms with Gasteiger partial charge in [-0.25, -0.2) is 0 Å². The number of halogens is 2. The fraction of sp³-hybridized carbons (Fsp3) is 0.562. The van der Waals surface area contributed by atoms with Crippen LogP contribution in [0.15, 0.2) is 27.1 Å². The van der Waals surface area contributed by atoms with Crippen molar-refractivity contribution in [2.75, 3.05) is 7.05 Å². The van der Waals surface area contributed by atoms with Gasteiger partial charge in [0.25, 0.3) is 5.91 Å². The number of amides is 1. The fourth-order valence-corrected chi connectivity index (χ4v) is 4.28. The van der Waals surface area contributed by atoms with Gasteiger partial charge in [-0.3, -0.25) is 4.79 Å². The van der Waals surface area contributed by atoms with Crippen LogP contribution < -0.4 is 0 Å². The standard InChI is InChI=1S/C16H21Br2NO/c1-3-11-4-6-15(7-5-11)19(2)16(20)12-8-13(17)10-14(18)9-12/h8-11,15H,3-7H2,1-2H3. The van der Waals surface area contributed by atoms with E-state index < -0.39 is 0 Å². The van der Waals surface area contributed by atoms with Crippen LogP contribution >= 0.6 is 31.9 Å². The van der Waals surface area contributed by atoms with E-state index in [0.717, 1.165) is 33.3 Å². The van der Waals surface area contributed by atoms with E-state index in [9.17, 15) is 4.79 Å². The lowest BCUT2D eigenvalue weighted by Crippen LogP contribution is -2.39. The van der Waals surface area contributed by atoms with Gasteiger partial charge in [0, 0.05) is 27.6 Å². The highest BCUT2D eigenvalue weighted by Gasteiger charge is 2.26. The van der Waals surface area contributed by atoms with Crippen LogP contribution in [0.5, 0.6) is 0 Å². The van der Waals surface area contributed by atoms with Crippen molar-refractivity contribution in [3.8, 4) is 0 Å². The van der Waals surface area contributed by atoms with Crippen LogP contribution in [0.4, 0.5) is 0 Å². The summed E-state index contributed by atoms with van der Waals surface area (Å²) in [4.78, 5) is 14.5. The molecule has 1 fully saturated rings. The minimum absolute atomic E-state index is 0.118. The van der Waals surface area contributed by atoms with Crippen molar-refractivity contribution in [3.63, 3.8) is 0 Å². The molecule has 0 bridgehead atoms. The first kappa shape index (κ1) is 16.0. The van der Waals surface area contributed by atoms with Crippen molar-refractivity contribution < 1.29 is 4.79 Å². The van der Waals surface area contributed by atoms with E-state index in [4.69, 9.17) is 0 Å². The maximum atomic E-state index is 12.6. The average molecular weight is 403 g/mol. The Bertz CT molecular complexity index is 461. The van der Waals surface area contributed by atoms with Gasteiger partial charge in [-0.15, -0.1) is 0 Å². The van der Waals surface area contributed by atoms with Crippen LogP contribution in [0.3, 0.4) is 0 Å². The van der Waals surface area contributed by atoms with Gasteiger partial charge in [-0.05, 0) is 49.8 Å². The van der Waals surface area contributed by atoms with Crippen LogP contribution in [0.25, 0.3) is 0 Å². The molecule has 0 aliphatic heterocycles. The number of benzene rings is 1. The second-order valence-corrected chi connectivity index (χ2v) is 7.49. The monoisotopic (exact) mass is 401 g/mol. The van der Waals surface area contributed by atoms with E-state index in [1.54, 1.807) is 0 Å². The van der Waals surface area contributed by atoms with Gasteiger partial charge in [0.1, 0.15) is 0 Å². The minimum atomic E-state index is 0.118. The lowest BCUT2D eigenvalue weighted by molar-refractivity contribution is 0.0674. The third-order valence-electron chi connectivity index (χ3n) is 4.37. The summed E-state index contributed by atoms with van der Waals surface area (Å²) in [5.41, 5.74) is 0.742. The molecule has 1 aromatic carbocycles. The Hall–Kier alpha value is -0.350. The Morgan fingerprint density at radius 3 is 2.20 bits per heavy atom. The van der Waals surface area contributed by atoms with Crippen molar-refractivity contribution in [3.05, 3.63) is 32.7 Å². The van der Waals surface area contributed by atoms with Gasteiger partial charge in [0.05, 0.1) is 0 Å². The lowest BCUT2D eigenvalue weighted by Gasteiger charge is -2.34. The van der Waals surface area contributed by atoms with E-state index in [2.05, 4.69) is 38.8 Å². The van der Waals surface area contributed by atoms with Crippen molar-refractivity contribution in [2.45, 2.75) is 45.1 Å². The van der Waals surface area contributed by atoms with E-state index >= 15 is 0 Å². The van der Waals surface area contributed by atoms with E-state index in [1.165, 1.54) is 19.3 Å². The quantitative estimate of drug-likeness (QED) is 0.675. The van der Waals surface area contributed by atoms with Gasteiger partial charge in [0.15, 0.2) is 0 Å². The molecule has 1 amide bonds. The van der Waals surface area contributed by atoms with Crippen molar-refractivity contribution in [1.29, 1.82) is 0 Å². The topological polar surface area (TPSA) is 20.3 Å². The molecule has 0 heterocycles. The summed E-state index contributed by atoms with van der Waals surface area (Å²) in [6.07, 6.45) is 6.04. The molecule has 1 aliphatic rings. The van der Waals surface area contributed by atoms with Gasteiger partial charge in [0.2, 0.25) is 0 Å². The number of carbonyl (C=O) groups is 1.